The third kappa shape index (κ3) is 2.76. The molecule has 2 heterocycles. The zero-order valence-corrected chi connectivity index (χ0v) is 13.6. The van der Waals surface area contributed by atoms with Crippen molar-refractivity contribution >= 4 is 17.0 Å². The van der Waals surface area contributed by atoms with Crippen molar-refractivity contribution in [3.8, 4) is 5.75 Å². The Hall–Kier alpha value is -1.79. The van der Waals surface area contributed by atoms with E-state index in [-0.39, 0.29) is 6.10 Å². The van der Waals surface area contributed by atoms with Crippen LogP contribution in [0, 0.1) is 0 Å². The number of rotatable bonds is 6. The predicted octanol–water partition coefficient (Wildman–Crippen LogP) is 1.09. The van der Waals surface area contributed by atoms with Gasteiger partial charge in [0.2, 0.25) is 5.95 Å². The molecule has 3 N–H and O–H groups in total. The van der Waals surface area contributed by atoms with Crippen LogP contribution in [0.5, 0.6) is 5.75 Å². The summed E-state index contributed by atoms with van der Waals surface area (Å²) >= 11 is 0. The molecule has 3 rings (SSSR count). The van der Waals surface area contributed by atoms with Crippen LogP contribution in [0.3, 0.4) is 0 Å². The molecule has 6 heteroatoms. The SMILES string of the molecule is CNC[C@H]1Cc2c(ccc3nc(N)n(CCCN(C)C)c23)O1. The lowest BCUT2D eigenvalue weighted by atomic mass is 10.1. The third-order valence-corrected chi connectivity index (χ3v) is 4.14. The second-order valence-electron chi connectivity index (χ2n) is 6.19. The van der Waals surface area contributed by atoms with Gasteiger partial charge in [0.15, 0.2) is 0 Å². The molecular weight excluding hydrogens is 278 g/mol. The Morgan fingerprint density at radius 3 is 3.00 bits per heavy atom. The van der Waals surface area contributed by atoms with Gasteiger partial charge in [-0.2, -0.15) is 0 Å². The number of anilines is 1. The molecule has 0 saturated heterocycles. The average Bonchev–Trinajstić information content (AvgIpc) is 2.99. The van der Waals surface area contributed by atoms with Crippen LogP contribution in [0.25, 0.3) is 11.0 Å². The van der Waals surface area contributed by atoms with E-state index in [2.05, 4.69) is 33.9 Å². The topological polar surface area (TPSA) is 68.3 Å². The third-order valence-electron chi connectivity index (χ3n) is 4.14. The fourth-order valence-corrected chi connectivity index (χ4v) is 3.16. The van der Waals surface area contributed by atoms with Gasteiger partial charge in [-0.3, -0.25) is 0 Å². The molecule has 0 unspecified atom stereocenters. The van der Waals surface area contributed by atoms with E-state index < -0.39 is 0 Å². The Kier molecular flexibility index (Phi) is 4.22. The fraction of sp³-hybridized carbons (Fsp3) is 0.562. The van der Waals surface area contributed by atoms with Crippen molar-refractivity contribution in [2.45, 2.75) is 25.5 Å². The van der Waals surface area contributed by atoms with Gasteiger partial charge in [0.1, 0.15) is 11.9 Å². The summed E-state index contributed by atoms with van der Waals surface area (Å²) < 4.78 is 8.15. The lowest BCUT2D eigenvalue weighted by molar-refractivity contribution is 0.231. The van der Waals surface area contributed by atoms with Gasteiger partial charge in [0.05, 0.1) is 11.0 Å². The van der Waals surface area contributed by atoms with Crippen LogP contribution in [-0.2, 0) is 13.0 Å². The maximum Gasteiger partial charge on any atom is 0.201 e. The van der Waals surface area contributed by atoms with E-state index in [1.165, 1.54) is 5.56 Å². The number of nitrogens with two attached hydrogens (primary N) is 1. The minimum absolute atomic E-state index is 0.192. The lowest BCUT2D eigenvalue weighted by Gasteiger charge is -2.12. The first-order valence-corrected chi connectivity index (χ1v) is 7.83. The van der Waals surface area contributed by atoms with Crippen LogP contribution in [-0.4, -0.2) is 54.8 Å². The Balaban J connectivity index is 1.93. The van der Waals surface area contributed by atoms with E-state index in [4.69, 9.17) is 10.5 Å². The van der Waals surface area contributed by atoms with E-state index >= 15 is 0 Å². The number of fused-ring (bicyclic) bond motifs is 3. The van der Waals surface area contributed by atoms with Gasteiger partial charge in [-0.25, -0.2) is 4.98 Å². The first kappa shape index (κ1) is 15.1. The first-order valence-electron chi connectivity index (χ1n) is 7.83. The van der Waals surface area contributed by atoms with Gasteiger partial charge in [0, 0.05) is 25.1 Å². The van der Waals surface area contributed by atoms with Crippen LogP contribution in [0.15, 0.2) is 12.1 Å². The molecule has 1 aliphatic heterocycles. The van der Waals surface area contributed by atoms with Crippen molar-refractivity contribution in [2.75, 3.05) is 40.0 Å². The highest BCUT2D eigenvalue weighted by atomic mass is 16.5. The van der Waals surface area contributed by atoms with Crippen LogP contribution >= 0.6 is 0 Å². The Bertz CT molecular complexity index is 664. The molecule has 1 aliphatic rings. The maximum absolute atomic E-state index is 6.14. The van der Waals surface area contributed by atoms with E-state index in [0.29, 0.717) is 5.95 Å². The standard InChI is InChI=1S/C16H25N5O/c1-18-10-11-9-12-14(22-11)6-5-13-15(12)21(16(17)19-13)8-4-7-20(2)3/h5-6,11,18H,4,7-10H2,1-3H3,(H2,17,19)/t11-/m1/s1. The smallest absolute Gasteiger partial charge is 0.201 e. The molecule has 2 aromatic rings. The van der Waals surface area contributed by atoms with Crippen LogP contribution < -0.4 is 15.8 Å². The zero-order chi connectivity index (χ0) is 15.7. The summed E-state index contributed by atoms with van der Waals surface area (Å²) in [6.07, 6.45) is 2.15. The molecule has 0 spiro atoms. The van der Waals surface area contributed by atoms with Gasteiger partial charge in [-0.15, -0.1) is 0 Å². The quantitative estimate of drug-likeness (QED) is 0.836. The van der Waals surface area contributed by atoms with E-state index in [9.17, 15) is 0 Å². The summed E-state index contributed by atoms with van der Waals surface area (Å²) in [6, 6.07) is 4.03. The summed E-state index contributed by atoms with van der Waals surface area (Å²) in [6.45, 7) is 2.76. The number of aryl methyl sites for hydroxylation is 1. The summed E-state index contributed by atoms with van der Waals surface area (Å²) in [5, 5.41) is 3.18. The second kappa shape index (κ2) is 6.14. The molecule has 1 aromatic carbocycles. The molecule has 0 amide bonds. The van der Waals surface area contributed by atoms with Crippen molar-refractivity contribution in [1.82, 2.24) is 19.8 Å². The van der Waals surface area contributed by atoms with Gasteiger partial charge >= 0.3 is 0 Å². The number of ether oxygens (including phenoxy) is 1. The molecule has 22 heavy (non-hydrogen) atoms. The van der Waals surface area contributed by atoms with Crippen molar-refractivity contribution < 1.29 is 4.74 Å². The number of imidazole rings is 1. The highest BCUT2D eigenvalue weighted by Gasteiger charge is 2.26. The van der Waals surface area contributed by atoms with Gasteiger partial charge in [-0.1, -0.05) is 0 Å². The van der Waals surface area contributed by atoms with Crippen molar-refractivity contribution in [2.24, 2.45) is 0 Å². The van der Waals surface area contributed by atoms with Crippen LogP contribution in [0.1, 0.15) is 12.0 Å². The molecule has 1 aromatic heterocycles. The van der Waals surface area contributed by atoms with Crippen molar-refractivity contribution in [3.05, 3.63) is 17.7 Å². The number of nitrogens with zero attached hydrogens (tertiary/aromatic N) is 3. The number of hydrogen-bond acceptors (Lipinski definition) is 5. The summed E-state index contributed by atoms with van der Waals surface area (Å²) in [4.78, 5) is 6.70. The molecule has 0 saturated carbocycles. The highest BCUT2D eigenvalue weighted by Crippen LogP contribution is 2.36. The molecule has 120 valence electrons. The van der Waals surface area contributed by atoms with Crippen molar-refractivity contribution in [1.29, 1.82) is 0 Å². The first-order chi connectivity index (χ1) is 10.6. The number of benzene rings is 1. The molecule has 0 aliphatic carbocycles. The predicted molar refractivity (Wildman–Crippen MR) is 89.4 cm³/mol. The molecule has 0 fully saturated rings. The Morgan fingerprint density at radius 2 is 2.27 bits per heavy atom. The number of aromatic nitrogens is 2. The highest BCUT2D eigenvalue weighted by molar-refractivity contribution is 5.84. The largest absolute Gasteiger partial charge is 0.488 e. The second-order valence-corrected chi connectivity index (χ2v) is 6.19. The van der Waals surface area contributed by atoms with Gasteiger partial charge in [0.25, 0.3) is 0 Å². The van der Waals surface area contributed by atoms with E-state index in [1.54, 1.807) is 0 Å². The molecule has 0 bridgehead atoms. The Morgan fingerprint density at radius 1 is 1.45 bits per heavy atom. The fourth-order valence-electron chi connectivity index (χ4n) is 3.16. The summed E-state index contributed by atoms with van der Waals surface area (Å²) in [5.41, 5.74) is 9.50. The van der Waals surface area contributed by atoms with Gasteiger partial charge in [-0.05, 0) is 46.2 Å². The lowest BCUT2D eigenvalue weighted by Crippen LogP contribution is -2.27. The van der Waals surface area contributed by atoms with Crippen molar-refractivity contribution in [3.63, 3.8) is 0 Å². The minimum atomic E-state index is 0.192. The van der Waals surface area contributed by atoms with E-state index in [0.717, 1.165) is 49.3 Å². The molecule has 6 nitrogen and oxygen atoms in total. The average molecular weight is 303 g/mol. The van der Waals surface area contributed by atoms with Gasteiger partial charge < -0.3 is 25.3 Å². The monoisotopic (exact) mass is 303 g/mol. The molecule has 1 atom stereocenters. The molecule has 0 radical (unpaired) electrons. The molecular formula is C16H25N5O. The van der Waals surface area contributed by atoms with Crippen LogP contribution in [0.2, 0.25) is 0 Å². The number of hydrogen-bond donors (Lipinski definition) is 2. The van der Waals surface area contributed by atoms with Crippen LogP contribution in [0.4, 0.5) is 5.95 Å². The number of nitrogen functional groups attached to an aromatic ring is 1. The maximum atomic E-state index is 6.14. The minimum Gasteiger partial charge on any atom is -0.488 e. The normalized spacial score (nSPS) is 17.2. The number of nitrogens with one attached hydrogen (secondary N) is 1. The summed E-state index contributed by atoms with van der Waals surface area (Å²) in [7, 11) is 6.12. The summed E-state index contributed by atoms with van der Waals surface area (Å²) in [5.74, 6) is 1.57. The Labute approximate surface area is 131 Å². The zero-order valence-electron chi connectivity index (χ0n) is 13.6. The van der Waals surface area contributed by atoms with E-state index in [1.807, 2.05) is 19.2 Å². The number of likely N-dealkylation sites (N-methyl/N-ethyl adjacent to an activating group) is 1.